The van der Waals surface area contributed by atoms with E-state index in [-0.39, 0.29) is 17.9 Å². The summed E-state index contributed by atoms with van der Waals surface area (Å²) in [6, 6.07) is 7.72. The van der Waals surface area contributed by atoms with Gasteiger partial charge in [-0.2, -0.15) is 0 Å². The van der Waals surface area contributed by atoms with E-state index in [0.29, 0.717) is 6.54 Å². The fourth-order valence-corrected chi connectivity index (χ4v) is 2.64. The van der Waals surface area contributed by atoms with Crippen LogP contribution in [0.5, 0.6) is 5.75 Å². The fourth-order valence-electron chi connectivity index (χ4n) is 2.26. The molecule has 1 aliphatic heterocycles. The number of carbonyl (C=O) groups is 1. The fraction of sp³-hybridized carbons (Fsp3) is 0.533. The van der Waals surface area contributed by atoms with E-state index in [2.05, 4.69) is 26.6 Å². The first kappa shape index (κ1) is 15.3. The van der Waals surface area contributed by atoms with Crippen LogP contribution in [-0.4, -0.2) is 31.6 Å². The summed E-state index contributed by atoms with van der Waals surface area (Å²) >= 11 is 3.45. The molecule has 0 aliphatic carbocycles. The van der Waals surface area contributed by atoms with E-state index in [4.69, 9.17) is 4.74 Å². The minimum Gasteiger partial charge on any atom is -0.488 e. The minimum absolute atomic E-state index is 0.0609. The molecule has 2 atom stereocenters. The summed E-state index contributed by atoms with van der Waals surface area (Å²) in [6.45, 7) is 4.28. The number of carbonyl (C=O) groups excluding carboxylic acids is 1. The molecule has 0 saturated carbocycles. The maximum Gasteiger partial charge on any atom is 0.224 e. The van der Waals surface area contributed by atoms with Gasteiger partial charge in [0.1, 0.15) is 11.9 Å². The molecule has 2 N–H and O–H groups in total. The van der Waals surface area contributed by atoms with Gasteiger partial charge in [-0.3, -0.25) is 4.79 Å². The number of ether oxygens (including phenoxy) is 1. The molecular weight excluding hydrogens is 320 g/mol. The highest BCUT2D eigenvalue weighted by Crippen LogP contribution is 2.24. The second-order valence-electron chi connectivity index (χ2n) is 5.15. The molecule has 1 aromatic carbocycles. The van der Waals surface area contributed by atoms with E-state index >= 15 is 0 Å². The molecule has 0 bridgehead atoms. The average molecular weight is 341 g/mol. The summed E-state index contributed by atoms with van der Waals surface area (Å²) in [5.74, 6) is 1.02. The van der Waals surface area contributed by atoms with Crippen molar-refractivity contribution in [3.8, 4) is 5.75 Å². The Morgan fingerprint density at radius 3 is 3.05 bits per heavy atom. The highest BCUT2D eigenvalue weighted by atomic mass is 79.9. The molecule has 0 aromatic heterocycles. The molecule has 0 spiro atoms. The largest absolute Gasteiger partial charge is 0.488 e. The molecule has 4 nitrogen and oxygen atoms in total. The van der Waals surface area contributed by atoms with Crippen LogP contribution in [0.3, 0.4) is 0 Å². The maximum absolute atomic E-state index is 12.0. The molecule has 2 unspecified atom stereocenters. The molecule has 1 heterocycles. The number of halogens is 1. The molecule has 1 aromatic rings. The van der Waals surface area contributed by atoms with E-state index in [1.165, 1.54) is 0 Å². The Kier molecular flexibility index (Phi) is 5.86. The number of piperidine rings is 1. The van der Waals surface area contributed by atoms with Crippen LogP contribution in [0.25, 0.3) is 0 Å². The van der Waals surface area contributed by atoms with Gasteiger partial charge in [-0.05, 0) is 54.4 Å². The van der Waals surface area contributed by atoms with Gasteiger partial charge in [0.2, 0.25) is 5.91 Å². The van der Waals surface area contributed by atoms with Gasteiger partial charge in [0, 0.05) is 6.54 Å². The predicted octanol–water partition coefficient (Wildman–Crippen LogP) is 2.33. The SMILES string of the molecule is CC(CNC(=O)C1CCCNC1)Oc1ccccc1Br. The van der Waals surface area contributed by atoms with Gasteiger partial charge in [0.25, 0.3) is 0 Å². The van der Waals surface area contributed by atoms with E-state index in [0.717, 1.165) is 36.2 Å². The lowest BCUT2D eigenvalue weighted by Gasteiger charge is -2.23. The van der Waals surface area contributed by atoms with Crippen LogP contribution in [0, 0.1) is 5.92 Å². The zero-order valence-electron chi connectivity index (χ0n) is 11.7. The smallest absolute Gasteiger partial charge is 0.224 e. The van der Waals surface area contributed by atoms with Crippen LogP contribution in [0.2, 0.25) is 0 Å². The second-order valence-corrected chi connectivity index (χ2v) is 6.00. The van der Waals surface area contributed by atoms with Crippen molar-refractivity contribution >= 4 is 21.8 Å². The summed E-state index contributed by atoms with van der Waals surface area (Å²) in [5.41, 5.74) is 0. The third-order valence-electron chi connectivity index (χ3n) is 3.40. The Morgan fingerprint density at radius 1 is 1.55 bits per heavy atom. The van der Waals surface area contributed by atoms with Gasteiger partial charge in [-0.25, -0.2) is 0 Å². The van der Waals surface area contributed by atoms with Crippen LogP contribution in [0.15, 0.2) is 28.7 Å². The van der Waals surface area contributed by atoms with E-state index in [9.17, 15) is 4.79 Å². The number of benzene rings is 1. The van der Waals surface area contributed by atoms with Crippen LogP contribution < -0.4 is 15.4 Å². The summed E-state index contributed by atoms with van der Waals surface area (Å²) in [4.78, 5) is 12.0. The van der Waals surface area contributed by atoms with Crippen LogP contribution in [0.4, 0.5) is 0 Å². The third-order valence-corrected chi connectivity index (χ3v) is 4.05. The Balaban J connectivity index is 1.76. The van der Waals surface area contributed by atoms with Crippen molar-refractivity contribution in [3.05, 3.63) is 28.7 Å². The average Bonchev–Trinajstić information content (AvgIpc) is 2.48. The molecule has 1 saturated heterocycles. The molecular formula is C15H21BrN2O2. The van der Waals surface area contributed by atoms with Gasteiger partial charge in [-0.15, -0.1) is 0 Å². The van der Waals surface area contributed by atoms with Crippen molar-refractivity contribution in [2.75, 3.05) is 19.6 Å². The highest BCUT2D eigenvalue weighted by molar-refractivity contribution is 9.10. The first-order chi connectivity index (χ1) is 9.66. The lowest BCUT2D eigenvalue weighted by Crippen LogP contribution is -2.43. The predicted molar refractivity (Wildman–Crippen MR) is 82.8 cm³/mol. The minimum atomic E-state index is -0.0609. The molecule has 2 rings (SSSR count). The van der Waals surface area contributed by atoms with E-state index < -0.39 is 0 Å². The summed E-state index contributed by atoms with van der Waals surface area (Å²) in [7, 11) is 0. The first-order valence-corrected chi connectivity index (χ1v) is 7.85. The first-order valence-electron chi connectivity index (χ1n) is 7.06. The Morgan fingerprint density at radius 2 is 2.35 bits per heavy atom. The number of hydrogen-bond donors (Lipinski definition) is 2. The zero-order chi connectivity index (χ0) is 14.4. The molecule has 0 radical (unpaired) electrons. The van der Waals surface area contributed by atoms with E-state index in [1.807, 2.05) is 31.2 Å². The Bertz CT molecular complexity index is 447. The normalized spacial score (nSPS) is 20.2. The lowest BCUT2D eigenvalue weighted by atomic mass is 9.99. The molecule has 20 heavy (non-hydrogen) atoms. The van der Waals surface area contributed by atoms with E-state index in [1.54, 1.807) is 0 Å². The van der Waals surface area contributed by atoms with Gasteiger partial charge < -0.3 is 15.4 Å². The van der Waals surface area contributed by atoms with Gasteiger partial charge in [0.05, 0.1) is 16.9 Å². The number of rotatable bonds is 5. The second kappa shape index (κ2) is 7.64. The zero-order valence-corrected chi connectivity index (χ0v) is 13.3. The van der Waals surface area contributed by atoms with Crippen molar-refractivity contribution in [2.24, 2.45) is 5.92 Å². The summed E-state index contributed by atoms with van der Waals surface area (Å²) < 4.78 is 6.73. The molecule has 110 valence electrons. The molecule has 1 amide bonds. The van der Waals surface area contributed by atoms with Crippen molar-refractivity contribution in [3.63, 3.8) is 0 Å². The molecule has 1 aliphatic rings. The number of amides is 1. The molecule has 5 heteroatoms. The van der Waals surface area contributed by atoms with Crippen LogP contribution >= 0.6 is 15.9 Å². The monoisotopic (exact) mass is 340 g/mol. The number of nitrogens with one attached hydrogen (secondary N) is 2. The van der Waals surface area contributed by atoms with Crippen molar-refractivity contribution in [1.29, 1.82) is 0 Å². The standard InChI is InChI=1S/C15H21BrN2O2/c1-11(20-14-7-3-2-6-13(14)16)9-18-15(19)12-5-4-8-17-10-12/h2-3,6-7,11-12,17H,4-5,8-10H2,1H3,(H,18,19). The van der Waals surface area contributed by atoms with Crippen molar-refractivity contribution < 1.29 is 9.53 Å². The van der Waals surface area contributed by atoms with Crippen molar-refractivity contribution in [2.45, 2.75) is 25.9 Å². The molecule has 1 fully saturated rings. The maximum atomic E-state index is 12.0. The topological polar surface area (TPSA) is 50.4 Å². The van der Waals surface area contributed by atoms with Crippen LogP contribution in [-0.2, 0) is 4.79 Å². The Labute approximate surface area is 128 Å². The van der Waals surface area contributed by atoms with Crippen molar-refractivity contribution in [1.82, 2.24) is 10.6 Å². The lowest BCUT2D eigenvalue weighted by molar-refractivity contribution is -0.125. The number of hydrogen-bond acceptors (Lipinski definition) is 3. The van der Waals surface area contributed by atoms with Gasteiger partial charge in [0.15, 0.2) is 0 Å². The summed E-state index contributed by atoms with van der Waals surface area (Å²) in [6.07, 6.45) is 1.98. The van der Waals surface area contributed by atoms with Gasteiger partial charge in [-0.1, -0.05) is 12.1 Å². The van der Waals surface area contributed by atoms with Crippen LogP contribution in [0.1, 0.15) is 19.8 Å². The Hall–Kier alpha value is -1.07. The highest BCUT2D eigenvalue weighted by Gasteiger charge is 2.21. The van der Waals surface area contributed by atoms with Gasteiger partial charge >= 0.3 is 0 Å². The summed E-state index contributed by atoms with van der Waals surface area (Å²) in [5, 5.41) is 6.23. The number of para-hydroxylation sites is 1. The third kappa shape index (κ3) is 4.49. The quantitative estimate of drug-likeness (QED) is 0.864.